The van der Waals surface area contributed by atoms with Crippen LogP contribution in [0.15, 0.2) is 36.4 Å². The Kier molecular flexibility index (Phi) is 4.39. The lowest BCUT2D eigenvalue weighted by molar-refractivity contribution is 1.04. The molecular formula is C18H23N. The molecule has 0 bridgehead atoms. The lowest BCUT2D eigenvalue weighted by Crippen LogP contribution is -1.98. The van der Waals surface area contributed by atoms with Gasteiger partial charge in [-0.2, -0.15) is 0 Å². The minimum absolute atomic E-state index is 0.598. The standard InChI is InChI=1S/C18H23N/c1-4-15-8-9-17(11-16(15)5-2)18-10-14(12-19)7-6-13(18)3/h6-11H,4-5,12,19H2,1-3H3. The van der Waals surface area contributed by atoms with Crippen molar-refractivity contribution in [3.63, 3.8) is 0 Å². The van der Waals surface area contributed by atoms with Crippen molar-refractivity contribution in [3.8, 4) is 11.1 Å². The molecule has 19 heavy (non-hydrogen) atoms. The van der Waals surface area contributed by atoms with Gasteiger partial charge in [-0.25, -0.2) is 0 Å². The van der Waals surface area contributed by atoms with Gasteiger partial charge in [0.15, 0.2) is 0 Å². The molecule has 0 unspecified atom stereocenters. The van der Waals surface area contributed by atoms with E-state index >= 15 is 0 Å². The third-order valence-electron chi connectivity index (χ3n) is 3.82. The Morgan fingerprint density at radius 3 is 2.26 bits per heavy atom. The van der Waals surface area contributed by atoms with Gasteiger partial charge in [-0.05, 0) is 59.2 Å². The fourth-order valence-corrected chi connectivity index (χ4v) is 2.57. The van der Waals surface area contributed by atoms with Crippen LogP contribution in [0, 0.1) is 6.92 Å². The van der Waals surface area contributed by atoms with E-state index in [1.54, 1.807) is 0 Å². The van der Waals surface area contributed by atoms with Crippen molar-refractivity contribution in [2.24, 2.45) is 5.73 Å². The fraction of sp³-hybridized carbons (Fsp3) is 0.333. The predicted molar refractivity (Wildman–Crippen MR) is 83.3 cm³/mol. The first-order chi connectivity index (χ1) is 9.19. The van der Waals surface area contributed by atoms with E-state index in [2.05, 4.69) is 57.2 Å². The second kappa shape index (κ2) is 6.03. The molecule has 0 aliphatic carbocycles. The third-order valence-corrected chi connectivity index (χ3v) is 3.82. The molecule has 0 radical (unpaired) electrons. The van der Waals surface area contributed by atoms with Gasteiger partial charge in [-0.15, -0.1) is 0 Å². The van der Waals surface area contributed by atoms with Gasteiger partial charge in [0.1, 0.15) is 0 Å². The summed E-state index contributed by atoms with van der Waals surface area (Å²) >= 11 is 0. The average molecular weight is 253 g/mol. The van der Waals surface area contributed by atoms with Gasteiger partial charge >= 0.3 is 0 Å². The normalized spacial score (nSPS) is 10.7. The Balaban J connectivity index is 2.52. The van der Waals surface area contributed by atoms with Crippen LogP contribution in [0.3, 0.4) is 0 Å². The monoisotopic (exact) mass is 253 g/mol. The lowest BCUT2D eigenvalue weighted by atomic mass is 9.93. The van der Waals surface area contributed by atoms with Crippen LogP contribution in [0.25, 0.3) is 11.1 Å². The molecule has 100 valence electrons. The van der Waals surface area contributed by atoms with E-state index in [9.17, 15) is 0 Å². The highest BCUT2D eigenvalue weighted by molar-refractivity contribution is 5.69. The minimum atomic E-state index is 0.598. The van der Waals surface area contributed by atoms with Gasteiger partial charge in [0.05, 0.1) is 0 Å². The maximum absolute atomic E-state index is 5.75. The zero-order valence-electron chi connectivity index (χ0n) is 12.2. The molecule has 0 atom stereocenters. The van der Waals surface area contributed by atoms with Crippen LogP contribution in [-0.4, -0.2) is 0 Å². The van der Waals surface area contributed by atoms with Gasteiger partial charge in [0, 0.05) is 6.54 Å². The predicted octanol–water partition coefficient (Wildman–Crippen LogP) is 4.25. The quantitative estimate of drug-likeness (QED) is 0.866. The van der Waals surface area contributed by atoms with Gasteiger partial charge < -0.3 is 5.73 Å². The Morgan fingerprint density at radius 2 is 1.63 bits per heavy atom. The molecule has 0 saturated carbocycles. The summed E-state index contributed by atoms with van der Waals surface area (Å²) < 4.78 is 0. The van der Waals surface area contributed by atoms with E-state index in [1.807, 2.05) is 0 Å². The first-order valence-corrected chi connectivity index (χ1v) is 7.11. The SMILES string of the molecule is CCc1ccc(-c2cc(CN)ccc2C)cc1CC. The van der Waals surface area contributed by atoms with Crippen molar-refractivity contribution in [1.29, 1.82) is 0 Å². The number of hydrogen-bond donors (Lipinski definition) is 1. The van der Waals surface area contributed by atoms with E-state index in [1.165, 1.54) is 33.4 Å². The Hall–Kier alpha value is -1.60. The molecule has 1 heteroatoms. The molecule has 2 N–H and O–H groups in total. The van der Waals surface area contributed by atoms with Crippen molar-refractivity contribution < 1.29 is 0 Å². The zero-order valence-corrected chi connectivity index (χ0v) is 12.2. The average Bonchev–Trinajstić information content (AvgIpc) is 2.47. The smallest absolute Gasteiger partial charge is 0.0178 e. The highest BCUT2D eigenvalue weighted by atomic mass is 14.5. The zero-order chi connectivity index (χ0) is 13.8. The Morgan fingerprint density at radius 1 is 0.895 bits per heavy atom. The summed E-state index contributed by atoms with van der Waals surface area (Å²) in [6.45, 7) is 7.20. The van der Waals surface area contributed by atoms with Crippen LogP contribution in [0.1, 0.15) is 36.1 Å². The molecule has 2 aromatic rings. The largest absolute Gasteiger partial charge is 0.326 e. The summed E-state index contributed by atoms with van der Waals surface area (Å²) in [6.07, 6.45) is 2.19. The molecule has 0 aliphatic rings. The molecule has 0 saturated heterocycles. The van der Waals surface area contributed by atoms with Crippen LogP contribution in [0.4, 0.5) is 0 Å². The molecule has 0 aromatic heterocycles. The van der Waals surface area contributed by atoms with Gasteiger partial charge in [-0.1, -0.05) is 44.2 Å². The maximum atomic E-state index is 5.75. The number of nitrogens with two attached hydrogens (primary N) is 1. The van der Waals surface area contributed by atoms with Crippen molar-refractivity contribution >= 4 is 0 Å². The summed E-state index contributed by atoms with van der Waals surface area (Å²) in [5.41, 5.74) is 13.8. The van der Waals surface area contributed by atoms with E-state index < -0.39 is 0 Å². The lowest BCUT2D eigenvalue weighted by Gasteiger charge is -2.12. The summed E-state index contributed by atoms with van der Waals surface area (Å²) in [6, 6.07) is 13.3. The van der Waals surface area contributed by atoms with Gasteiger partial charge in [-0.3, -0.25) is 0 Å². The van der Waals surface area contributed by atoms with Crippen LogP contribution < -0.4 is 5.73 Å². The molecule has 0 fully saturated rings. The molecule has 0 spiro atoms. The number of rotatable bonds is 4. The van der Waals surface area contributed by atoms with Crippen molar-refractivity contribution in [3.05, 3.63) is 58.7 Å². The van der Waals surface area contributed by atoms with Crippen molar-refractivity contribution in [2.75, 3.05) is 0 Å². The molecular weight excluding hydrogens is 230 g/mol. The second-order valence-corrected chi connectivity index (χ2v) is 5.04. The molecule has 0 aliphatic heterocycles. The first kappa shape index (κ1) is 13.8. The molecule has 2 aromatic carbocycles. The number of benzene rings is 2. The maximum Gasteiger partial charge on any atom is 0.0178 e. The van der Waals surface area contributed by atoms with Gasteiger partial charge in [0.25, 0.3) is 0 Å². The van der Waals surface area contributed by atoms with Crippen LogP contribution in [-0.2, 0) is 19.4 Å². The van der Waals surface area contributed by atoms with Crippen LogP contribution >= 0.6 is 0 Å². The summed E-state index contributed by atoms with van der Waals surface area (Å²) in [5, 5.41) is 0. The van der Waals surface area contributed by atoms with E-state index in [0.717, 1.165) is 12.8 Å². The molecule has 0 amide bonds. The van der Waals surface area contributed by atoms with Crippen LogP contribution in [0.2, 0.25) is 0 Å². The highest BCUT2D eigenvalue weighted by Crippen LogP contribution is 2.27. The van der Waals surface area contributed by atoms with E-state index in [0.29, 0.717) is 6.54 Å². The molecule has 0 heterocycles. The third kappa shape index (κ3) is 2.87. The summed E-state index contributed by atoms with van der Waals surface area (Å²) in [5.74, 6) is 0. The number of hydrogen-bond acceptors (Lipinski definition) is 1. The summed E-state index contributed by atoms with van der Waals surface area (Å²) in [4.78, 5) is 0. The van der Waals surface area contributed by atoms with Gasteiger partial charge in [0.2, 0.25) is 0 Å². The van der Waals surface area contributed by atoms with E-state index in [4.69, 9.17) is 5.73 Å². The van der Waals surface area contributed by atoms with E-state index in [-0.39, 0.29) is 0 Å². The Labute approximate surface area is 116 Å². The first-order valence-electron chi connectivity index (χ1n) is 7.11. The Bertz CT molecular complexity index is 570. The molecule has 1 nitrogen and oxygen atoms in total. The highest BCUT2D eigenvalue weighted by Gasteiger charge is 2.06. The number of aryl methyl sites for hydroxylation is 3. The second-order valence-electron chi connectivity index (χ2n) is 5.04. The minimum Gasteiger partial charge on any atom is -0.326 e. The van der Waals surface area contributed by atoms with Crippen molar-refractivity contribution in [1.82, 2.24) is 0 Å². The van der Waals surface area contributed by atoms with Crippen molar-refractivity contribution in [2.45, 2.75) is 40.2 Å². The van der Waals surface area contributed by atoms with Crippen LogP contribution in [0.5, 0.6) is 0 Å². The molecule has 2 rings (SSSR count). The fourth-order valence-electron chi connectivity index (χ4n) is 2.57. The topological polar surface area (TPSA) is 26.0 Å². The summed E-state index contributed by atoms with van der Waals surface area (Å²) in [7, 11) is 0.